The summed E-state index contributed by atoms with van der Waals surface area (Å²) in [6.45, 7) is 2.88. The van der Waals surface area contributed by atoms with E-state index in [1.165, 1.54) is 17.2 Å². The quantitative estimate of drug-likeness (QED) is 0.191. The number of amides is 4. The average molecular weight is 805 g/mol. The van der Waals surface area contributed by atoms with Gasteiger partial charge in [0.25, 0.3) is 11.8 Å². The number of rotatable bonds is 10. The molecule has 1 saturated carbocycles. The Morgan fingerprint density at radius 1 is 1.09 bits per heavy atom. The van der Waals surface area contributed by atoms with Gasteiger partial charge in [-0.3, -0.25) is 39.3 Å². The molecule has 300 valence electrons. The lowest BCUT2D eigenvalue weighted by atomic mass is 9.88. The number of piperidine rings is 2. The molecule has 2 atom stereocenters. The Bertz CT molecular complexity index is 1920. The number of nitrogens with one attached hydrogen (secondary N) is 2. The molecular weight excluding hydrogens is 764 g/mol. The summed E-state index contributed by atoms with van der Waals surface area (Å²) in [4.78, 5) is 61.8. The molecule has 56 heavy (non-hydrogen) atoms. The summed E-state index contributed by atoms with van der Waals surface area (Å²) in [5.41, 5.74) is -2.62. The number of ether oxygens (including phenoxy) is 1. The minimum atomic E-state index is -4.87. The van der Waals surface area contributed by atoms with Crippen LogP contribution in [0, 0.1) is 17.2 Å². The first-order chi connectivity index (χ1) is 26.4. The van der Waals surface area contributed by atoms with E-state index in [-0.39, 0.29) is 61.3 Å². The fourth-order valence-electron chi connectivity index (χ4n) is 7.99. The van der Waals surface area contributed by atoms with Gasteiger partial charge in [0, 0.05) is 25.0 Å². The van der Waals surface area contributed by atoms with Gasteiger partial charge in [-0.1, -0.05) is 0 Å². The van der Waals surface area contributed by atoms with E-state index in [2.05, 4.69) is 20.6 Å². The Balaban J connectivity index is 0.944. The van der Waals surface area contributed by atoms with Gasteiger partial charge in [-0.05, 0) is 95.8 Å². The van der Waals surface area contributed by atoms with E-state index < -0.39 is 65.0 Å². The Morgan fingerprint density at radius 2 is 1.82 bits per heavy atom. The van der Waals surface area contributed by atoms with Gasteiger partial charge in [-0.15, -0.1) is 0 Å². The summed E-state index contributed by atoms with van der Waals surface area (Å²) in [5.74, 6) is -6.32. The van der Waals surface area contributed by atoms with Crippen LogP contribution in [0.15, 0.2) is 30.6 Å². The maximum atomic E-state index is 15.3. The van der Waals surface area contributed by atoms with Crippen molar-refractivity contribution in [2.75, 3.05) is 36.5 Å². The molecule has 0 spiro atoms. The van der Waals surface area contributed by atoms with E-state index in [1.54, 1.807) is 30.9 Å². The molecule has 2 aromatic heterocycles. The van der Waals surface area contributed by atoms with Crippen LogP contribution in [-0.4, -0.2) is 98.4 Å². The van der Waals surface area contributed by atoms with E-state index in [1.807, 2.05) is 0 Å². The monoisotopic (exact) mass is 804 g/mol. The van der Waals surface area contributed by atoms with Crippen LogP contribution in [0.4, 0.5) is 33.3 Å². The number of imide groups is 1. The normalized spacial score (nSPS) is 25.5. The third kappa shape index (κ3) is 8.66. The fraction of sp³-hybridized carbons (Fsp3) is 0.568. The molecule has 4 fully saturated rings. The Labute approximate surface area is 324 Å². The predicted molar refractivity (Wildman–Crippen MR) is 194 cm³/mol. The standard InChI is InChI=1S/C37H41F5N8O5S/c1-35(2)33(54)49(24-15-27(37(40,41)42)29(16-43)45-18-24)34(56)50(35)23-4-6-25(7-5-23)55-14-12-21-11-13-48(20-36(21,38)39)19-31(52)46-22-3-9-28(44-17-22)26-8-10-30(51)47-32(26)53/h3,9,15,17-18,21,23,25-26H,4-8,10-14,19-20H2,1-2H3,(H,46,52)(H,47,51,53)/t21?,23-,25-,26?. The topological polar surface area (TPSA) is 161 Å². The molecule has 0 bridgehead atoms. The molecule has 3 saturated heterocycles. The average Bonchev–Trinajstić information content (AvgIpc) is 3.31. The second-order valence-corrected chi connectivity index (χ2v) is 15.5. The van der Waals surface area contributed by atoms with Crippen molar-refractivity contribution < 1.29 is 45.9 Å². The number of anilines is 2. The van der Waals surface area contributed by atoms with Gasteiger partial charge in [0.2, 0.25) is 17.7 Å². The Morgan fingerprint density at radius 3 is 2.45 bits per heavy atom. The summed E-state index contributed by atoms with van der Waals surface area (Å²) in [6, 6.07) is 5.07. The second kappa shape index (κ2) is 16.1. The highest BCUT2D eigenvalue weighted by Crippen LogP contribution is 2.41. The first-order valence-electron chi connectivity index (χ1n) is 18.4. The van der Waals surface area contributed by atoms with Crippen molar-refractivity contribution in [3.8, 4) is 6.07 Å². The van der Waals surface area contributed by atoms with E-state index in [0.717, 1.165) is 11.1 Å². The minimum absolute atomic E-state index is 0.0350. The van der Waals surface area contributed by atoms with E-state index >= 15 is 8.78 Å². The number of halogens is 5. The van der Waals surface area contributed by atoms with Crippen molar-refractivity contribution in [3.05, 3.63) is 47.5 Å². The zero-order valence-corrected chi connectivity index (χ0v) is 31.5. The number of carbonyl (C=O) groups is 4. The van der Waals surface area contributed by atoms with E-state index in [9.17, 15) is 32.3 Å². The fourth-order valence-corrected chi connectivity index (χ4v) is 8.56. The van der Waals surface area contributed by atoms with Crippen molar-refractivity contribution in [1.82, 2.24) is 25.1 Å². The number of hydrogen-bond donors (Lipinski definition) is 2. The maximum absolute atomic E-state index is 15.3. The van der Waals surface area contributed by atoms with Crippen LogP contribution in [0.1, 0.15) is 88.1 Å². The molecule has 0 aromatic carbocycles. The molecule has 3 aliphatic heterocycles. The highest BCUT2D eigenvalue weighted by Gasteiger charge is 2.53. The van der Waals surface area contributed by atoms with Crippen LogP contribution in [0.25, 0.3) is 0 Å². The number of hydrogen-bond acceptors (Lipinski definition) is 10. The first-order valence-corrected chi connectivity index (χ1v) is 18.8. The molecule has 2 aromatic rings. The first kappa shape index (κ1) is 41.0. The van der Waals surface area contributed by atoms with Crippen LogP contribution in [0.3, 0.4) is 0 Å². The maximum Gasteiger partial charge on any atom is 0.419 e. The smallest absolute Gasteiger partial charge is 0.378 e. The van der Waals surface area contributed by atoms with E-state index in [0.29, 0.717) is 56.1 Å². The molecule has 4 amide bonds. The molecule has 2 unspecified atom stereocenters. The molecule has 0 radical (unpaired) electrons. The van der Waals surface area contributed by atoms with Gasteiger partial charge in [-0.2, -0.15) is 18.4 Å². The minimum Gasteiger partial charge on any atom is -0.378 e. The lowest BCUT2D eigenvalue weighted by Crippen LogP contribution is -2.51. The summed E-state index contributed by atoms with van der Waals surface area (Å²) < 4.78 is 77.5. The summed E-state index contributed by atoms with van der Waals surface area (Å²) >= 11 is 5.64. The Hall–Kier alpha value is -4.67. The van der Waals surface area contributed by atoms with Crippen LogP contribution in [-0.2, 0) is 30.1 Å². The number of pyridine rings is 2. The molecule has 2 N–H and O–H groups in total. The number of aromatic nitrogens is 2. The van der Waals surface area contributed by atoms with Gasteiger partial charge < -0.3 is 15.0 Å². The van der Waals surface area contributed by atoms with Gasteiger partial charge in [0.15, 0.2) is 10.8 Å². The number of alkyl halides is 5. The van der Waals surface area contributed by atoms with Crippen LogP contribution in [0.5, 0.6) is 0 Å². The third-order valence-electron chi connectivity index (χ3n) is 11.0. The molecule has 6 rings (SSSR count). The van der Waals surface area contributed by atoms with Crippen molar-refractivity contribution in [2.24, 2.45) is 5.92 Å². The van der Waals surface area contributed by atoms with Crippen LogP contribution in [0.2, 0.25) is 0 Å². The zero-order valence-electron chi connectivity index (χ0n) is 30.7. The second-order valence-electron chi connectivity index (χ2n) is 15.1. The molecule has 13 nitrogen and oxygen atoms in total. The largest absolute Gasteiger partial charge is 0.419 e. The molecule has 5 heterocycles. The number of thiocarbonyl (C=S) groups is 1. The number of likely N-dealkylation sites (tertiary alicyclic amines) is 1. The molecule has 1 aliphatic carbocycles. The summed E-state index contributed by atoms with van der Waals surface area (Å²) in [7, 11) is 0. The highest BCUT2D eigenvalue weighted by molar-refractivity contribution is 7.80. The SMILES string of the molecule is CC1(C)C(=O)N(c2cnc(C#N)c(C(F)(F)F)c2)C(=S)N1[C@H]1CC[C@H](OCCC2CCN(CC(=O)Nc3ccc(C4CCC(=O)NC4=O)nc3)CC2(F)F)CC1. The van der Waals surface area contributed by atoms with Gasteiger partial charge in [0.05, 0.1) is 60.1 Å². The van der Waals surface area contributed by atoms with Crippen molar-refractivity contribution >= 4 is 52.3 Å². The van der Waals surface area contributed by atoms with Crippen molar-refractivity contribution in [3.63, 3.8) is 0 Å². The van der Waals surface area contributed by atoms with Crippen molar-refractivity contribution in [1.29, 1.82) is 5.26 Å². The van der Waals surface area contributed by atoms with Gasteiger partial charge in [0.1, 0.15) is 11.6 Å². The zero-order chi connectivity index (χ0) is 40.6. The lowest BCUT2D eigenvalue weighted by Gasteiger charge is -2.41. The van der Waals surface area contributed by atoms with E-state index in [4.69, 9.17) is 22.2 Å². The highest BCUT2D eigenvalue weighted by atomic mass is 32.1. The Kier molecular flexibility index (Phi) is 11.8. The molecule has 4 aliphatic rings. The summed E-state index contributed by atoms with van der Waals surface area (Å²) in [5, 5.41) is 14.1. The van der Waals surface area contributed by atoms with Crippen LogP contribution < -0.4 is 15.5 Å². The predicted octanol–water partition coefficient (Wildman–Crippen LogP) is 4.91. The van der Waals surface area contributed by atoms with Gasteiger partial charge >= 0.3 is 6.18 Å². The number of carbonyl (C=O) groups excluding carboxylic acids is 4. The van der Waals surface area contributed by atoms with Gasteiger partial charge in [-0.25, -0.2) is 13.8 Å². The lowest BCUT2D eigenvalue weighted by molar-refractivity contribution is -0.138. The number of nitriles is 1. The summed E-state index contributed by atoms with van der Waals surface area (Å²) in [6.07, 6.45) is 0.393. The van der Waals surface area contributed by atoms with Crippen LogP contribution >= 0.6 is 12.2 Å². The van der Waals surface area contributed by atoms with Crippen molar-refractivity contribution in [2.45, 2.75) is 101 Å². The number of nitrogens with zero attached hydrogens (tertiary/aromatic N) is 6. The third-order valence-corrected chi connectivity index (χ3v) is 11.3. The molecular formula is C37H41F5N8O5S. The molecule has 19 heteroatoms.